The highest BCUT2D eigenvalue weighted by Gasteiger charge is 2.30. The number of benzene rings is 24. The molecule has 29 rings (SSSR count). The molecule has 5 heterocycles. The minimum Gasteiger partial charge on any atom is -0.455 e. The van der Waals surface area contributed by atoms with E-state index in [9.17, 15) is 0 Å². The van der Waals surface area contributed by atoms with Crippen LogP contribution in [0, 0.1) is 0 Å². The fraction of sp³-hybridized carbons (Fsp3) is 0. The second kappa shape index (κ2) is 25.5. The molecule has 562 valence electrons. The third kappa shape index (κ3) is 9.62. The van der Waals surface area contributed by atoms with E-state index >= 15 is 0 Å². The van der Waals surface area contributed by atoms with Gasteiger partial charge in [0.2, 0.25) is 0 Å². The topological polar surface area (TPSA) is 94.2 Å². The van der Waals surface area contributed by atoms with E-state index in [2.05, 4.69) is 375 Å². The van der Waals surface area contributed by atoms with Crippen LogP contribution in [0.25, 0.3) is 263 Å². The number of hydrogen-bond acceptors (Lipinski definition) is 8. The van der Waals surface area contributed by atoms with Gasteiger partial charge in [-0.15, -0.1) is 0 Å². The highest BCUT2D eigenvalue weighted by Crippen LogP contribution is 2.55. The molecule has 0 bridgehead atoms. The molecule has 29 aromatic rings. The van der Waals surface area contributed by atoms with Crippen molar-refractivity contribution in [2.75, 3.05) is 4.90 Å². The SMILES string of the molecule is c1ccc(-c2nc3c(ccc4ccccc43)nc2-c2cc3ccc4cccc5c6cccc7oc2c(c76)c3c45)cc1.c1ccc(-c2nc3ccc4ccccc4c3nc2-c2cc3ccc4cccc5c6cccc7oc2c(c76)c3c45)cc1.c1ccc(N(c2ccccc2)c2ccc(-c3cc4ccc5cccc6c7cccc8oc3c(c87)c4c56)cc2)cc1. The summed E-state index contributed by atoms with van der Waals surface area (Å²) >= 11 is 0. The van der Waals surface area contributed by atoms with Crippen molar-refractivity contribution in [1.82, 2.24) is 19.9 Å². The van der Waals surface area contributed by atoms with Gasteiger partial charge in [-0.1, -0.05) is 297 Å². The van der Waals surface area contributed by atoms with Crippen molar-refractivity contribution in [2.45, 2.75) is 0 Å². The molecule has 0 unspecified atom stereocenters. The molecule has 8 nitrogen and oxygen atoms in total. The Bertz CT molecular complexity index is 9230. The predicted octanol–water partition coefficient (Wildman–Crippen LogP) is 31.8. The maximum atomic E-state index is 6.79. The molecular formula is C114H63N5O3. The van der Waals surface area contributed by atoms with Crippen LogP contribution in [0.1, 0.15) is 0 Å². The quantitative estimate of drug-likeness (QED) is 0.110. The molecule has 0 saturated carbocycles. The Balaban J connectivity index is 0.0000000962. The van der Waals surface area contributed by atoms with Crippen LogP contribution in [-0.4, -0.2) is 19.9 Å². The molecule has 0 N–H and O–H groups in total. The van der Waals surface area contributed by atoms with Gasteiger partial charge in [0.1, 0.15) is 44.9 Å². The van der Waals surface area contributed by atoms with Gasteiger partial charge in [0.25, 0.3) is 0 Å². The van der Waals surface area contributed by atoms with E-state index in [1.807, 2.05) is 12.1 Å². The summed E-state index contributed by atoms with van der Waals surface area (Å²) in [5.74, 6) is 0. The van der Waals surface area contributed by atoms with Crippen molar-refractivity contribution >= 4 is 223 Å². The van der Waals surface area contributed by atoms with Gasteiger partial charge in [0.15, 0.2) is 0 Å². The third-order valence-corrected chi connectivity index (χ3v) is 25.8. The van der Waals surface area contributed by atoms with Gasteiger partial charge >= 0.3 is 0 Å². The first-order chi connectivity index (χ1) is 60.5. The van der Waals surface area contributed by atoms with Crippen LogP contribution >= 0.6 is 0 Å². The highest BCUT2D eigenvalue weighted by molar-refractivity contribution is 6.44. The van der Waals surface area contributed by atoms with Gasteiger partial charge in [-0.05, 0) is 182 Å². The van der Waals surface area contributed by atoms with Crippen molar-refractivity contribution in [3.8, 4) is 56.2 Å². The Labute approximate surface area is 695 Å². The van der Waals surface area contributed by atoms with Crippen molar-refractivity contribution in [3.63, 3.8) is 0 Å². The predicted molar refractivity (Wildman–Crippen MR) is 509 cm³/mol. The van der Waals surface area contributed by atoms with E-state index in [1.54, 1.807) is 0 Å². The van der Waals surface area contributed by atoms with Crippen LogP contribution in [-0.2, 0) is 0 Å². The molecule has 0 amide bonds. The zero-order valence-electron chi connectivity index (χ0n) is 65.3. The second-order valence-corrected chi connectivity index (χ2v) is 32.4. The fourth-order valence-corrected chi connectivity index (χ4v) is 20.6. The number of aromatic nitrogens is 4. The van der Waals surface area contributed by atoms with E-state index in [-0.39, 0.29) is 0 Å². The minimum atomic E-state index is 0.834. The van der Waals surface area contributed by atoms with E-state index in [4.69, 9.17) is 33.2 Å². The Kier molecular flexibility index (Phi) is 14.0. The number of nitrogens with zero attached hydrogens (tertiary/aromatic N) is 5. The first kappa shape index (κ1) is 66.7. The van der Waals surface area contributed by atoms with E-state index in [0.717, 1.165) is 150 Å². The molecule has 0 atom stereocenters. The maximum Gasteiger partial charge on any atom is 0.145 e. The Morgan fingerprint density at radius 2 is 0.484 bits per heavy atom. The van der Waals surface area contributed by atoms with Gasteiger partial charge in [-0.3, -0.25) is 0 Å². The number of hydrogen-bond donors (Lipinski definition) is 0. The lowest BCUT2D eigenvalue weighted by Crippen LogP contribution is -2.09. The summed E-state index contributed by atoms with van der Waals surface area (Å²) in [5, 5.41) is 34.3. The smallest absolute Gasteiger partial charge is 0.145 e. The summed E-state index contributed by atoms with van der Waals surface area (Å²) in [7, 11) is 0. The average molecular weight is 1550 g/mol. The molecule has 8 heteroatoms. The molecular weight excluding hydrogens is 1490 g/mol. The first-order valence-corrected chi connectivity index (χ1v) is 41.6. The summed E-state index contributed by atoms with van der Waals surface area (Å²) in [5.41, 5.74) is 22.0. The lowest BCUT2D eigenvalue weighted by molar-refractivity contribution is 0.670. The van der Waals surface area contributed by atoms with Crippen LogP contribution < -0.4 is 4.90 Å². The standard InChI is InChI=1S/2C38H20N2O.C38H23NO/c1-2-9-23(10-3-1)35-37(39-29-19-18-21-8-4-5-12-25(21)36(29)40-35)28-20-24-17-16-22-11-6-13-26-27-14-7-15-30-33(27)34(38(28)41-30)32(24)31(22)26;1-2-9-23(10-3-1)35-37(40-36-25-12-5-4-8-21(25)18-19-29(36)39-35)28-20-24-17-16-22-11-6-13-26-27-14-7-15-30-33(27)34(38(28)41-30)32(24)31(22)26;1-3-10-27(11-4-1)39(28-12-5-2-6-13-28)29-21-19-24(20-22-29)32-23-26-18-17-25-9-7-14-30-31-15-8-16-33-36(31)37(38(32)40-33)35(26)34(25)30/h2*1-20H;1-23H. The molecule has 0 aliphatic carbocycles. The second-order valence-electron chi connectivity index (χ2n) is 32.4. The number of para-hydroxylation sites is 2. The molecule has 5 aromatic heterocycles. The van der Waals surface area contributed by atoms with Crippen LogP contribution in [0.4, 0.5) is 17.1 Å². The number of furan rings is 3. The van der Waals surface area contributed by atoms with Crippen LogP contribution in [0.5, 0.6) is 0 Å². The normalized spacial score (nSPS) is 12.3. The van der Waals surface area contributed by atoms with Gasteiger partial charge in [0, 0.05) is 104 Å². The Morgan fingerprint density at radius 3 is 0.918 bits per heavy atom. The lowest BCUT2D eigenvalue weighted by atomic mass is 9.87. The third-order valence-electron chi connectivity index (χ3n) is 25.8. The van der Waals surface area contributed by atoms with Gasteiger partial charge in [0.05, 0.1) is 33.5 Å². The molecule has 0 radical (unpaired) electrons. The Hall–Kier alpha value is -16.4. The summed E-state index contributed by atoms with van der Waals surface area (Å²) in [6, 6.07) is 135. The lowest BCUT2D eigenvalue weighted by Gasteiger charge is -2.25. The summed E-state index contributed by atoms with van der Waals surface area (Å²) < 4.78 is 20.2. The number of fused-ring (bicyclic) bond motifs is 9. The maximum absolute atomic E-state index is 6.79. The van der Waals surface area contributed by atoms with E-state index in [0.29, 0.717) is 0 Å². The number of rotatable bonds is 8. The molecule has 122 heavy (non-hydrogen) atoms. The molecule has 0 saturated heterocycles. The van der Waals surface area contributed by atoms with Gasteiger partial charge < -0.3 is 18.2 Å². The van der Waals surface area contributed by atoms with Crippen LogP contribution in [0.2, 0.25) is 0 Å². The van der Waals surface area contributed by atoms with Crippen molar-refractivity contribution in [2.24, 2.45) is 0 Å². The van der Waals surface area contributed by atoms with E-state index in [1.165, 1.54) is 129 Å². The zero-order chi connectivity index (χ0) is 79.5. The van der Waals surface area contributed by atoms with Gasteiger partial charge in [-0.25, -0.2) is 19.9 Å². The van der Waals surface area contributed by atoms with Gasteiger partial charge in [-0.2, -0.15) is 0 Å². The van der Waals surface area contributed by atoms with Crippen LogP contribution in [0.15, 0.2) is 395 Å². The van der Waals surface area contributed by atoms with Crippen molar-refractivity contribution in [1.29, 1.82) is 0 Å². The summed E-state index contributed by atoms with van der Waals surface area (Å²) in [4.78, 5) is 23.7. The first-order valence-electron chi connectivity index (χ1n) is 41.6. The largest absolute Gasteiger partial charge is 0.455 e. The molecule has 0 spiro atoms. The van der Waals surface area contributed by atoms with Crippen LogP contribution in [0.3, 0.4) is 0 Å². The molecule has 24 aromatic carbocycles. The Morgan fingerprint density at radius 1 is 0.180 bits per heavy atom. The molecule has 0 fully saturated rings. The molecule has 0 aliphatic heterocycles. The molecule has 0 aliphatic rings. The average Bonchev–Trinajstić information content (AvgIpc) is 1.45. The number of anilines is 3. The zero-order valence-corrected chi connectivity index (χ0v) is 65.3. The summed E-state index contributed by atoms with van der Waals surface area (Å²) in [6.45, 7) is 0. The van der Waals surface area contributed by atoms with Crippen molar-refractivity contribution < 1.29 is 13.3 Å². The monoisotopic (exact) mass is 1550 g/mol. The highest BCUT2D eigenvalue weighted by atomic mass is 16.3. The fourth-order valence-electron chi connectivity index (χ4n) is 20.6. The minimum absolute atomic E-state index is 0.834. The van der Waals surface area contributed by atoms with Crippen molar-refractivity contribution in [3.05, 3.63) is 382 Å². The summed E-state index contributed by atoms with van der Waals surface area (Å²) in [6.07, 6.45) is 0. The van der Waals surface area contributed by atoms with E-state index < -0.39 is 0 Å².